The maximum Gasteiger partial charge on any atom is 0.306 e. The maximum absolute atomic E-state index is 12.9. The second-order valence-electron chi connectivity index (χ2n) is 21.7. The Balaban J connectivity index is 4.26. The van der Waals surface area contributed by atoms with Crippen LogP contribution in [0.1, 0.15) is 348 Å². The zero-order chi connectivity index (χ0) is 52.2. The van der Waals surface area contributed by atoms with E-state index in [9.17, 15) is 14.4 Å². The summed E-state index contributed by atoms with van der Waals surface area (Å²) in [6.07, 6.45) is 74.3. The highest BCUT2D eigenvalue weighted by molar-refractivity contribution is 5.71. The fourth-order valence-electron chi connectivity index (χ4n) is 9.53. The molecule has 0 aromatic heterocycles. The van der Waals surface area contributed by atoms with Crippen LogP contribution in [0.4, 0.5) is 0 Å². The molecule has 72 heavy (non-hydrogen) atoms. The minimum absolute atomic E-state index is 0.0697. The molecule has 0 rings (SSSR count). The number of carbonyl (C=O) groups excluding carboxylic acids is 3. The minimum Gasteiger partial charge on any atom is -0.462 e. The maximum atomic E-state index is 12.9. The van der Waals surface area contributed by atoms with Gasteiger partial charge in [0, 0.05) is 19.3 Å². The molecule has 0 fully saturated rings. The molecular weight excluding hydrogens is 889 g/mol. The van der Waals surface area contributed by atoms with E-state index < -0.39 is 6.10 Å². The summed E-state index contributed by atoms with van der Waals surface area (Å²) >= 11 is 0. The Labute approximate surface area is 448 Å². The zero-order valence-corrected chi connectivity index (χ0v) is 48.5. The summed E-state index contributed by atoms with van der Waals surface area (Å²) in [5, 5.41) is 0. The standard InChI is InChI=1S/C66H122O6/c1-4-7-10-13-16-19-22-25-27-29-31-32-33-34-36-37-39-41-44-47-50-53-56-59-65(68)71-62-63(61-70-64(67)58-55-52-49-46-43-24-21-18-15-12-9-6-3)72-66(69)60-57-54-51-48-45-42-40-38-35-30-28-26-23-20-17-14-11-8-5-2/h17,20,26,28-29,31,63H,4-16,18-19,21-25,27,30,32-62H2,1-3H3/b20-17-,28-26-,31-29-. The topological polar surface area (TPSA) is 78.9 Å². The molecular formula is C66H122O6. The van der Waals surface area contributed by atoms with Crippen molar-refractivity contribution in [2.24, 2.45) is 0 Å². The normalized spacial score (nSPS) is 12.2. The smallest absolute Gasteiger partial charge is 0.306 e. The Morgan fingerprint density at radius 2 is 0.500 bits per heavy atom. The largest absolute Gasteiger partial charge is 0.462 e. The highest BCUT2D eigenvalue weighted by Crippen LogP contribution is 2.17. The number of hydrogen-bond donors (Lipinski definition) is 0. The first-order chi connectivity index (χ1) is 35.5. The van der Waals surface area contributed by atoms with Crippen molar-refractivity contribution in [1.82, 2.24) is 0 Å². The van der Waals surface area contributed by atoms with Gasteiger partial charge in [-0.25, -0.2) is 0 Å². The van der Waals surface area contributed by atoms with Gasteiger partial charge in [0.05, 0.1) is 0 Å². The summed E-state index contributed by atoms with van der Waals surface area (Å²) in [5.74, 6) is -0.853. The summed E-state index contributed by atoms with van der Waals surface area (Å²) in [6, 6.07) is 0. The van der Waals surface area contributed by atoms with Gasteiger partial charge in [0.25, 0.3) is 0 Å². The van der Waals surface area contributed by atoms with Gasteiger partial charge in [-0.05, 0) is 77.0 Å². The van der Waals surface area contributed by atoms with E-state index in [1.807, 2.05) is 0 Å². The van der Waals surface area contributed by atoms with E-state index in [1.165, 1.54) is 244 Å². The van der Waals surface area contributed by atoms with E-state index >= 15 is 0 Å². The van der Waals surface area contributed by atoms with Crippen LogP contribution in [0.5, 0.6) is 0 Å². The van der Waals surface area contributed by atoms with Crippen LogP contribution in [0.15, 0.2) is 36.5 Å². The summed E-state index contributed by atoms with van der Waals surface area (Å²) in [5.41, 5.74) is 0. The Morgan fingerprint density at radius 1 is 0.278 bits per heavy atom. The molecule has 0 N–H and O–H groups in total. The Morgan fingerprint density at radius 3 is 0.806 bits per heavy atom. The Bertz CT molecular complexity index is 1210. The van der Waals surface area contributed by atoms with Gasteiger partial charge in [0.15, 0.2) is 6.10 Å². The van der Waals surface area contributed by atoms with Crippen LogP contribution in [-0.2, 0) is 28.6 Å². The average molecular weight is 1010 g/mol. The summed E-state index contributed by atoms with van der Waals surface area (Å²) in [4.78, 5) is 38.3. The number of unbranched alkanes of at least 4 members (excludes halogenated alkanes) is 42. The Kier molecular flexibility index (Phi) is 59.2. The predicted molar refractivity (Wildman–Crippen MR) is 312 cm³/mol. The number of rotatable bonds is 59. The summed E-state index contributed by atoms with van der Waals surface area (Å²) in [6.45, 7) is 6.66. The molecule has 0 aromatic rings. The first kappa shape index (κ1) is 69.6. The highest BCUT2D eigenvalue weighted by atomic mass is 16.6. The number of ether oxygens (including phenoxy) is 3. The molecule has 0 spiro atoms. The summed E-state index contributed by atoms with van der Waals surface area (Å²) < 4.78 is 16.9. The molecule has 0 heterocycles. The molecule has 0 saturated heterocycles. The molecule has 0 aliphatic carbocycles. The van der Waals surface area contributed by atoms with Gasteiger partial charge < -0.3 is 14.2 Å². The van der Waals surface area contributed by atoms with Gasteiger partial charge in [-0.3, -0.25) is 14.4 Å². The zero-order valence-electron chi connectivity index (χ0n) is 48.5. The molecule has 0 aliphatic heterocycles. The lowest BCUT2D eigenvalue weighted by molar-refractivity contribution is -0.167. The molecule has 0 radical (unpaired) electrons. The van der Waals surface area contributed by atoms with Crippen LogP contribution in [0.2, 0.25) is 0 Å². The molecule has 1 unspecified atom stereocenters. The lowest BCUT2D eigenvalue weighted by atomic mass is 10.0. The molecule has 0 saturated carbocycles. The molecule has 0 amide bonds. The molecule has 0 aliphatic rings. The van der Waals surface area contributed by atoms with Crippen molar-refractivity contribution >= 4 is 17.9 Å². The van der Waals surface area contributed by atoms with E-state index in [-0.39, 0.29) is 31.1 Å². The van der Waals surface area contributed by atoms with Crippen molar-refractivity contribution < 1.29 is 28.6 Å². The van der Waals surface area contributed by atoms with Gasteiger partial charge in [-0.15, -0.1) is 0 Å². The van der Waals surface area contributed by atoms with Crippen LogP contribution in [-0.4, -0.2) is 37.2 Å². The van der Waals surface area contributed by atoms with Crippen molar-refractivity contribution in [3.8, 4) is 0 Å². The van der Waals surface area contributed by atoms with Crippen LogP contribution >= 0.6 is 0 Å². The van der Waals surface area contributed by atoms with E-state index in [2.05, 4.69) is 57.2 Å². The van der Waals surface area contributed by atoms with Gasteiger partial charge in [-0.1, -0.05) is 288 Å². The molecule has 6 heteroatoms. The number of allylic oxidation sites excluding steroid dienone is 6. The van der Waals surface area contributed by atoms with Gasteiger partial charge >= 0.3 is 17.9 Å². The second-order valence-corrected chi connectivity index (χ2v) is 21.7. The molecule has 422 valence electrons. The van der Waals surface area contributed by atoms with Gasteiger partial charge in [0.2, 0.25) is 0 Å². The molecule has 1 atom stereocenters. The predicted octanol–water partition coefficient (Wildman–Crippen LogP) is 21.6. The van der Waals surface area contributed by atoms with E-state index in [1.54, 1.807) is 0 Å². The number of carbonyl (C=O) groups is 3. The van der Waals surface area contributed by atoms with E-state index in [0.29, 0.717) is 19.3 Å². The third kappa shape index (κ3) is 58.5. The minimum atomic E-state index is -0.772. The van der Waals surface area contributed by atoms with Crippen molar-refractivity contribution in [3.63, 3.8) is 0 Å². The summed E-state index contributed by atoms with van der Waals surface area (Å²) in [7, 11) is 0. The van der Waals surface area contributed by atoms with Crippen LogP contribution < -0.4 is 0 Å². The molecule has 0 bridgehead atoms. The van der Waals surface area contributed by atoms with Crippen molar-refractivity contribution in [1.29, 1.82) is 0 Å². The lowest BCUT2D eigenvalue weighted by Gasteiger charge is -2.18. The first-order valence-corrected chi connectivity index (χ1v) is 32.0. The van der Waals surface area contributed by atoms with Crippen LogP contribution in [0, 0.1) is 0 Å². The molecule has 0 aromatic carbocycles. The second kappa shape index (κ2) is 61.2. The average Bonchev–Trinajstić information content (AvgIpc) is 3.38. The fraction of sp³-hybridized carbons (Fsp3) is 0.864. The highest BCUT2D eigenvalue weighted by Gasteiger charge is 2.19. The van der Waals surface area contributed by atoms with Crippen molar-refractivity contribution in [2.75, 3.05) is 13.2 Å². The van der Waals surface area contributed by atoms with Gasteiger partial charge in [-0.2, -0.15) is 0 Å². The van der Waals surface area contributed by atoms with E-state index in [0.717, 1.165) is 64.2 Å². The lowest BCUT2D eigenvalue weighted by Crippen LogP contribution is -2.30. The van der Waals surface area contributed by atoms with Crippen molar-refractivity contribution in [3.05, 3.63) is 36.5 Å². The Hall–Kier alpha value is -2.37. The number of hydrogen-bond acceptors (Lipinski definition) is 6. The van der Waals surface area contributed by atoms with Crippen molar-refractivity contribution in [2.45, 2.75) is 354 Å². The van der Waals surface area contributed by atoms with Gasteiger partial charge in [0.1, 0.15) is 13.2 Å². The quantitative estimate of drug-likeness (QED) is 0.0261. The third-order valence-electron chi connectivity index (χ3n) is 14.4. The molecule has 6 nitrogen and oxygen atoms in total. The monoisotopic (exact) mass is 1010 g/mol. The number of esters is 3. The third-order valence-corrected chi connectivity index (χ3v) is 14.4. The van der Waals surface area contributed by atoms with E-state index in [4.69, 9.17) is 14.2 Å². The first-order valence-electron chi connectivity index (χ1n) is 32.0. The SMILES string of the molecule is CCCCC/C=C\C/C=C\CCCCCCCCCCCC(=O)OC(COC(=O)CCCCCCCCCCCCCC)COC(=O)CCCCCCCCCCCCC/C=C\CCCCCCCCCC. The van der Waals surface area contributed by atoms with Crippen LogP contribution in [0.25, 0.3) is 0 Å². The fourth-order valence-corrected chi connectivity index (χ4v) is 9.53. The van der Waals surface area contributed by atoms with Crippen LogP contribution in [0.3, 0.4) is 0 Å².